The Bertz CT molecular complexity index is 535. The SMILES string of the molecule is COc1ccc(C(O)c2cccc(C)c2Cl)cc1. The van der Waals surface area contributed by atoms with Gasteiger partial charge in [0.15, 0.2) is 0 Å². The number of halogens is 1. The summed E-state index contributed by atoms with van der Waals surface area (Å²) in [5.41, 5.74) is 2.48. The summed E-state index contributed by atoms with van der Waals surface area (Å²) in [5, 5.41) is 10.9. The second-order valence-corrected chi connectivity index (χ2v) is 4.53. The molecule has 0 radical (unpaired) electrons. The fourth-order valence-electron chi connectivity index (χ4n) is 1.85. The first-order valence-electron chi connectivity index (χ1n) is 5.70. The van der Waals surface area contributed by atoms with Gasteiger partial charge in [-0.2, -0.15) is 0 Å². The monoisotopic (exact) mass is 262 g/mol. The van der Waals surface area contributed by atoms with Crippen LogP contribution in [-0.4, -0.2) is 12.2 Å². The highest BCUT2D eigenvalue weighted by Gasteiger charge is 2.14. The largest absolute Gasteiger partial charge is 0.497 e. The van der Waals surface area contributed by atoms with Gasteiger partial charge in [-0.15, -0.1) is 0 Å². The maximum atomic E-state index is 10.3. The van der Waals surface area contributed by atoms with E-state index in [0.29, 0.717) is 5.02 Å². The van der Waals surface area contributed by atoms with Gasteiger partial charge in [0, 0.05) is 10.6 Å². The maximum Gasteiger partial charge on any atom is 0.118 e. The van der Waals surface area contributed by atoms with Crippen LogP contribution < -0.4 is 4.74 Å². The predicted octanol–water partition coefficient (Wildman–Crippen LogP) is 3.74. The lowest BCUT2D eigenvalue weighted by Crippen LogP contribution is -2.01. The molecule has 1 atom stereocenters. The normalized spacial score (nSPS) is 12.2. The van der Waals surface area contributed by atoms with Crippen LogP contribution >= 0.6 is 11.6 Å². The topological polar surface area (TPSA) is 29.5 Å². The molecule has 2 rings (SSSR count). The van der Waals surface area contributed by atoms with Crippen LogP contribution in [0.25, 0.3) is 0 Å². The Morgan fingerprint density at radius 1 is 1.11 bits per heavy atom. The van der Waals surface area contributed by atoms with Gasteiger partial charge in [-0.25, -0.2) is 0 Å². The van der Waals surface area contributed by atoms with Crippen molar-refractivity contribution < 1.29 is 9.84 Å². The molecule has 0 saturated carbocycles. The number of hydrogen-bond acceptors (Lipinski definition) is 2. The lowest BCUT2D eigenvalue weighted by Gasteiger charge is -2.14. The summed E-state index contributed by atoms with van der Waals surface area (Å²) in [6.07, 6.45) is -0.719. The van der Waals surface area contributed by atoms with Gasteiger partial charge in [0.2, 0.25) is 0 Å². The average molecular weight is 263 g/mol. The first-order valence-corrected chi connectivity index (χ1v) is 6.08. The van der Waals surface area contributed by atoms with E-state index in [2.05, 4.69) is 0 Å². The van der Waals surface area contributed by atoms with E-state index in [-0.39, 0.29) is 0 Å². The van der Waals surface area contributed by atoms with Crippen LogP contribution in [0.4, 0.5) is 0 Å². The molecule has 1 N–H and O–H groups in total. The molecule has 0 aliphatic rings. The van der Waals surface area contributed by atoms with E-state index >= 15 is 0 Å². The number of aliphatic hydroxyl groups excluding tert-OH is 1. The van der Waals surface area contributed by atoms with Crippen LogP contribution in [0.3, 0.4) is 0 Å². The molecule has 0 aromatic heterocycles. The third-order valence-corrected chi connectivity index (χ3v) is 3.46. The molecule has 1 unspecified atom stereocenters. The molecular formula is C15H15ClO2. The summed E-state index contributed by atoms with van der Waals surface area (Å²) in [5.74, 6) is 0.765. The minimum atomic E-state index is -0.719. The Morgan fingerprint density at radius 2 is 1.78 bits per heavy atom. The molecule has 0 bridgehead atoms. The van der Waals surface area contributed by atoms with Crippen molar-refractivity contribution in [3.05, 3.63) is 64.2 Å². The van der Waals surface area contributed by atoms with Crippen LogP contribution in [0.5, 0.6) is 5.75 Å². The van der Waals surface area contributed by atoms with Crippen LogP contribution in [0.1, 0.15) is 22.8 Å². The van der Waals surface area contributed by atoms with E-state index in [4.69, 9.17) is 16.3 Å². The fourth-order valence-corrected chi connectivity index (χ4v) is 2.08. The molecular weight excluding hydrogens is 248 g/mol. The van der Waals surface area contributed by atoms with E-state index in [0.717, 1.165) is 22.4 Å². The van der Waals surface area contributed by atoms with Gasteiger partial charge in [0.1, 0.15) is 11.9 Å². The number of rotatable bonds is 3. The Hall–Kier alpha value is -1.51. The fraction of sp³-hybridized carbons (Fsp3) is 0.200. The quantitative estimate of drug-likeness (QED) is 0.913. The summed E-state index contributed by atoms with van der Waals surface area (Å²) in [7, 11) is 1.61. The second kappa shape index (κ2) is 5.42. The smallest absolute Gasteiger partial charge is 0.118 e. The van der Waals surface area contributed by atoms with Crippen LogP contribution in [0.15, 0.2) is 42.5 Å². The highest BCUT2D eigenvalue weighted by Crippen LogP contribution is 2.30. The highest BCUT2D eigenvalue weighted by molar-refractivity contribution is 6.32. The summed E-state index contributed by atoms with van der Waals surface area (Å²) in [6, 6.07) is 13.0. The molecule has 94 valence electrons. The Labute approximate surface area is 112 Å². The van der Waals surface area contributed by atoms with Crippen molar-refractivity contribution in [3.8, 4) is 5.75 Å². The van der Waals surface area contributed by atoms with Gasteiger partial charge in [-0.3, -0.25) is 0 Å². The van der Waals surface area contributed by atoms with Crippen molar-refractivity contribution in [1.29, 1.82) is 0 Å². The van der Waals surface area contributed by atoms with Crippen molar-refractivity contribution in [1.82, 2.24) is 0 Å². The lowest BCUT2D eigenvalue weighted by molar-refractivity contribution is 0.220. The summed E-state index contributed by atoms with van der Waals surface area (Å²) in [6.45, 7) is 1.92. The van der Waals surface area contributed by atoms with Gasteiger partial charge in [0.05, 0.1) is 7.11 Å². The van der Waals surface area contributed by atoms with Crippen molar-refractivity contribution in [2.24, 2.45) is 0 Å². The molecule has 18 heavy (non-hydrogen) atoms. The van der Waals surface area contributed by atoms with Gasteiger partial charge in [0.25, 0.3) is 0 Å². The van der Waals surface area contributed by atoms with Gasteiger partial charge in [-0.05, 0) is 30.2 Å². The minimum Gasteiger partial charge on any atom is -0.497 e. The van der Waals surface area contributed by atoms with Crippen molar-refractivity contribution >= 4 is 11.6 Å². The van der Waals surface area contributed by atoms with E-state index in [1.54, 1.807) is 7.11 Å². The number of ether oxygens (including phenoxy) is 1. The van der Waals surface area contributed by atoms with E-state index in [1.807, 2.05) is 49.4 Å². The zero-order valence-electron chi connectivity index (χ0n) is 10.4. The predicted molar refractivity (Wildman–Crippen MR) is 73.2 cm³/mol. The summed E-state index contributed by atoms with van der Waals surface area (Å²) >= 11 is 6.21. The number of methoxy groups -OCH3 is 1. The maximum absolute atomic E-state index is 10.3. The number of aliphatic hydroxyl groups is 1. The van der Waals surface area contributed by atoms with Crippen molar-refractivity contribution in [2.45, 2.75) is 13.0 Å². The average Bonchev–Trinajstić information content (AvgIpc) is 2.41. The van der Waals surface area contributed by atoms with E-state index in [1.165, 1.54) is 0 Å². The Morgan fingerprint density at radius 3 is 2.39 bits per heavy atom. The molecule has 0 saturated heterocycles. The van der Waals surface area contributed by atoms with Crippen LogP contribution in [-0.2, 0) is 0 Å². The number of benzene rings is 2. The lowest BCUT2D eigenvalue weighted by atomic mass is 10.00. The van der Waals surface area contributed by atoms with Crippen LogP contribution in [0.2, 0.25) is 5.02 Å². The molecule has 2 aromatic rings. The summed E-state index contributed by atoms with van der Waals surface area (Å²) < 4.78 is 5.09. The number of aryl methyl sites for hydroxylation is 1. The van der Waals surface area contributed by atoms with Crippen molar-refractivity contribution in [3.63, 3.8) is 0 Å². The minimum absolute atomic E-state index is 0.612. The van der Waals surface area contributed by atoms with Crippen LogP contribution in [0, 0.1) is 6.92 Å². The second-order valence-electron chi connectivity index (χ2n) is 4.15. The Balaban J connectivity index is 2.35. The number of hydrogen-bond donors (Lipinski definition) is 1. The first kappa shape index (κ1) is 12.9. The molecule has 2 nitrogen and oxygen atoms in total. The standard InChI is InChI=1S/C15H15ClO2/c1-10-4-3-5-13(14(10)16)15(17)11-6-8-12(18-2)9-7-11/h3-9,15,17H,1-2H3. The van der Waals surface area contributed by atoms with Gasteiger partial charge < -0.3 is 9.84 Å². The Kier molecular flexibility index (Phi) is 3.90. The molecule has 0 aliphatic carbocycles. The molecule has 0 aliphatic heterocycles. The molecule has 0 spiro atoms. The zero-order valence-corrected chi connectivity index (χ0v) is 11.1. The zero-order chi connectivity index (χ0) is 13.1. The molecule has 0 fully saturated rings. The molecule has 2 aromatic carbocycles. The van der Waals surface area contributed by atoms with Gasteiger partial charge in [-0.1, -0.05) is 41.9 Å². The molecule has 0 amide bonds. The summed E-state index contributed by atoms with van der Waals surface area (Å²) in [4.78, 5) is 0. The van der Waals surface area contributed by atoms with E-state index in [9.17, 15) is 5.11 Å². The third-order valence-electron chi connectivity index (χ3n) is 2.95. The van der Waals surface area contributed by atoms with Crippen molar-refractivity contribution in [2.75, 3.05) is 7.11 Å². The third kappa shape index (κ3) is 2.50. The highest BCUT2D eigenvalue weighted by atomic mass is 35.5. The van der Waals surface area contributed by atoms with Gasteiger partial charge >= 0.3 is 0 Å². The first-order chi connectivity index (χ1) is 8.63. The molecule has 0 heterocycles. The molecule has 3 heteroatoms. The van der Waals surface area contributed by atoms with E-state index < -0.39 is 6.10 Å².